The van der Waals surface area contributed by atoms with Gasteiger partial charge >= 0.3 is 0 Å². The third-order valence-electron chi connectivity index (χ3n) is 3.52. The predicted octanol–water partition coefficient (Wildman–Crippen LogP) is 2.59. The van der Waals surface area contributed by atoms with Crippen LogP contribution in [-0.4, -0.2) is 23.9 Å². The molecule has 1 aromatic rings. The first-order chi connectivity index (χ1) is 8.54. The largest absolute Gasteiger partial charge is 0.339 e. The molecule has 0 aliphatic carbocycles. The van der Waals surface area contributed by atoms with Crippen LogP contribution in [0.15, 0.2) is 24.3 Å². The molecule has 1 saturated heterocycles. The Labute approximate surface area is 106 Å². The highest BCUT2D eigenvalue weighted by Gasteiger charge is 2.31. The summed E-state index contributed by atoms with van der Waals surface area (Å²) in [6.45, 7) is 3.09. The van der Waals surface area contributed by atoms with E-state index in [2.05, 4.69) is 6.07 Å². The Morgan fingerprint density at radius 1 is 1.33 bits per heavy atom. The Kier molecular flexibility index (Phi) is 3.33. The van der Waals surface area contributed by atoms with Crippen LogP contribution in [0.2, 0.25) is 0 Å². The molecule has 0 aromatic heterocycles. The third kappa shape index (κ3) is 2.51. The van der Waals surface area contributed by atoms with Crippen LogP contribution in [0.1, 0.15) is 30.1 Å². The average Bonchev–Trinajstić information content (AvgIpc) is 2.40. The summed E-state index contributed by atoms with van der Waals surface area (Å²) in [5, 5.41) is 9.03. The van der Waals surface area contributed by atoms with Gasteiger partial charge in [0, 0.05) is 18.7 Å². The number of likely N-dealkylation sites (tertiary alicyclic amines) is 1. The van der Waals surface area contributed by atoms with E-state index < -0.39 is 0 Å². The van der Waals surface area contributed by atoms with Crippen molar-refractivity contribution in [2.24, 2.45) is 5.41 Å². The number of nitrogens with zero attached hydrogens (tertiary/aromatic N) is 2. The fraction of sp³-hybridized carbons (Fsp3) is 0.429. The Bertz CT molecular complexity index is 482. The van der Waals surface area contributed by atoms with E-state index in [1.807, 2.05) is 6.92 Å². The van der Waals surface area contributed by atoms with Gasteiger partial charge in [-0.3, -0.25) is 4.79 Å². The first kappa shape index (κ1) is 12.6. The minimum Gasteiger partial charge on any atom is -0.339 e. The number of carbonyl (C=O) groups excluding carboxylic acids is 1. The van der Waals surface area contributed by atoms with Crippen molar-refractivity contribution in [3.05, 3.63) is 35.6 Å². The van der Waals surface area contributed by atoms with E-state index in [9.17, 15) is 9.18 Å². The fourth-order valence-electron chi connectivity index (χ4n) is 2.09. The molecule has 0 radical (unpaired) electrons. The molecule has 0 spiro atoms. The molecule has 1 aliphatic heterocycles. The molecule has 0 atom stereocenters. The predicted molar refractivity (Wildman–Crippen MR) is 65.3 cm³/mol. The molecule has 94 valence electrons. The van der Waals surface area contributed by atoms with Crippen molar-refractivity contribution in [2.75, 3.05) is 13.1 Å². The second-order valence-electron chi connectivity index (χ2n) is 4.97. The third-order valence-corrected chi connectivity index (χ3v) is 3.52. The summed E-state index contributed by atoms with van der Waals surface area (Å²) in [5.74, 6) is -0.433. The molecule has 18 heavy (non-hydrogen) atoms. The Hall–Kier alpha value is -1.89. The van der Waals surface area contributed by atoms with Gasteiger partial charge in [0.1, 0.15) is 5.82 Å². The zero-order chi connectivity index (χ0) is 13.2. The van der Waals surface area contributed by atoms with Gasteiger partial charge in [-0.2, -0.15) is 5.26 Å². The zero-order valence-electron chi connectivity index (χ0n) is 10.3. The second-order valence-corrected chi connectivity index (χ2v) is 4.97. The average molecular weight is 246 g/mol. The van der Waals surface area contributed by atoms with Crippen LogP contribution in [0.4, 0.5) is 4.39 Å². The smallest absolute Gasteiger partial charge is 0.253 e. The van der Waals surface area contributed by atoms with Gasteiger partial charge in [0.25, 0.3) is 5.91 Å². The van der Waals surface area contributed by atoms with Crippen LogP contribution in [0.25, 0.3) is 0 Å². The van der Waals surface area contributed by atoms with E-state index in [1.54, 1.807) is 4.90 Å². The molecule has 1 amide bonds. The number of carbonyl (C=O) groups is 1. The lowest BCUT2D eigenvalue weighted by atomic mass is 9.82. The molecular weight excluding hydrogens is 231 g/mol. The van der Waals surface area contributed by atoms with Gasteiger partial charge in [-0.1, -0.05) is 0 Å². The number of amides is 1. The highest BCUT2D eigenvalue weighted by molar-refractivity contribution is 5.94. The molecule has 1 fully saturated rings. The highest BCUT2D eigenvalue weighted by Crippen LogP contribution is 2.30. The Morgan fingerprint density at radius 2 is 1.89 bits per heavy atom. The van der Waals surface area contributed by atoms with E-state index in [1.165, 1.54) is 24.3 Å². The zero-order valence-corrected chi connectivity index (χ0v) is 10.3. The Balaban J connectivity index is 2.04. The van der Waals surface area contributed by atoms with Crippen molar-refractivity contribution >= 4 is 5.91 Å². The molecule has 4 heteroatoms. The normalized spacial score (nSPS) is 18.2. The number of hydrogen-bond acceptors (Lipinski definition) is 2. The number of nitriles is 1. The number of benzene rings is 1. The summed E-state index contributed by atoms with van der Waals surface area (Å²) >= 11 is 0. The van der Waals surface area contributed by atoms with Gasteiger partial charge in [0.15, 0.2) is 0 Å². The van der Waals surface area contributed by atoms with Gasteiger partial charge in [-0.25, -0.2) is 4.39 Å². The van der Waals surface area contributed by atoms with Crippen molar-refractivity contribution in [3.8, 4) is 6.07 Å². The Morgan fingerprint density at radius 3 is 2.39 bits per heavy atom. The molecule has 1 heterocycles. The number of rotatable bonds is 1. The lowest BCUT2D eigenvalue weighted by Gasteiger charge is -2.34. The van der Waals surface area contributed by atoms with Gasteiger partial charge in [0.05, 0.1) is 11.5 Å². The van der Waals surface area contributed by atoms with E-state index in [4.69, 9.17) is 5.26 Å². The number of halogens is 1. The summed E-state index contributed by atoms with van der Waals surface area (Å²) in [6, 6.07) is 7.87. The van der Waals surface area contributed by atoms with Crippen LogP contribution >= 0.6 is 0 Å². The van der Waals surface area contributed by atoms with Gasteiger partial charge in [0.2, 0.25) is 0 Å². The van der Waals surface area contributed by atoms with Crippen molar-refractivity contribution in [1.29, 1.82) is 5.26 Å². The second kappa shape index (κ2) is 4.77. The van der Waals surface area contributed by atoms with Crippen molar-refractivity contribution in [1.82, 2.24) is 4.90 Å². The van der Waals surface area contributed by atoms with Crippen LogP contribution in [0.3, 0.4) is 0 Å². The standard InChI is InChI=1S/C14H15FN2O/c1-14(10-16)6-8-17(9-7-14)13(18)11-2-4-12(15)5-3-11/h2-5H,6-9H2,1H3. The molecule has 3 nitrogen and oxygen atoms in total. The lowest BCUT2D eigenvalue weighted by molar-refractivity contribution is 0.0661. The van der Waals surface area contributed by atoms with Crippen LogP contribution in [-0.2, 0) is 0 Å². The molecule has 0 N–H and O–H groups in total. The van der Waals surface area contributed by atoms with Crippen molar-refractivity contribution in [2.45, 2.75) is 19.8 Å². The van der Waals surface area contributed by atoms with Gasteiger partial charge in [-0.15, -0.1) is 0 Å². The molecular formula is C14H15FN2O. The van der Waals surface area contributed by atoms with Crippen LogP contribution in [0.5, 0.6) is 0 Å². The SMILES string of the molecule is CC1(C#N)CCN(C(=O)c2ccc(F)cc2)CC1. The maximum absolute atomic E-state index is 12.8. The molecule has 2 rings (SSSR count). The van der Waals surface area contributed by atoms with Crippen LogP contribution in [0, 0.1) is 22.6 Å². The van der Waals surface area contributed by atoms with E-state index in [-0.39, 0.29) is 17.1 Å². The summed E-state index contributed by atoms with van der Waals surface area (Å²) in [5.41, 5.74) is 0.177. The summed E-state index contributed by atoms with van der Waals surface area (Å²) in [6.07, 6.45) is 1.38. The monoisotopic (exact) mass is 246 g/mol. The first-order valence-electron chi connectivity index (χ1n) is 6.00. The summed E-state index contributed by atoms with van der Waals surface area (Å²) in [7, 11) is 0. The fourth-order valence-corrected chi connectivity index (χ4v) is 2.09. The highest BCUT2D eigenvalue weighted by atomic mass is 19.1. The minimum atomic E-state index is -0.345. The topological polar surface area (TPSA) is 44.1 Å². The minimum absolute atomic E-state index is 0.0880. The van der Waals surface area contributed by atoms with E-state index in [0.717, 1.165) is 0 Å². The molecule has 1 aromatic carbocycles. The maximum atomic E-state index is 12.8. The van der Waals surface area contributed by atoms with Crippen molar-refractivity contribution in [3.63, 3.8) is 0 Å². The van der Waals surface area contributed by atoms with Crippen LogP contribution < -0.4 is 0 Å². The quantitative estimate of drug-likeness (QED) is 0.764. The molecule has 0 unspecified atom stereocenters. The first-order valence-corrected chi connectivity index (χ1v) is 6.00. The lowest BCUT2D eigenvalue weighted by Crippen LogP contribution is -2.41. The summed E-state index contributed by atoms with van der Waals surface area (Å²) < 4.78 is 12.8. The summed E-state index contributed by atoms with van der Waals surface area (Å²) in [4.78, 5) is 13.9. The molecule has 1 aliphatic rings. The number of hydrogen-bond donors (Lipinski definition) is 0. The van der Waals surface area contributed by atoms with Crippen molar-refractivity contribution < 1.29 is 9.18 Å². The van der Waals surface area contributed by atoms with Gasteiger partial charge in [-0.05, 0) is 44.0 Å². The van der Waals surface area contributed by atoms with E-state index in [0.29, 0.717) is 31.5 Å². The van der Waals surface area contributed by atoms with E-state index >= 15 is 0 Å². The molecule has 0 bridgehead atoms. The number of piperidine rings is 1. The van der Waals surface area contributed by atoms with Gasteiger partial charge < -0.3 is 4.90 Å². The maximum Gasteiger partial charge on any atom is 0.253 e. The molecule has 0 saturated carbocycles.